The van der Waals surface area contributed by atoms with Crippen molar-refractivity contribution in [2.24, 2.45) is 0 Å². The zero-order valence-corrected chi connectivity index (χ0v) is 23.5. The van der Waals surface area contributed by atoms with E-state index in [0.717, 1.165) is 25.9 Å². The summed E-state index contributed by atoms with van der Waals surface area (Å²) in [6, 6.07) is 0. The molecule has 1 amide bonds. The molecule has 0 bridgehead atoms. The van der Waals surface area contributed by atoms with E-state index >= 15 is 0 Å². The van der Waals surface area contributed by atoms with Gasteiger partial charge in [-0.2, -0.15) is 0 Å². The van der Waals surface area contributed by atoms with Crippen LogP contribution in [-0.4, -0.2) is 88.7 Å². The third-order valence-electron chi connectivity index (χ3n) is 4.37. The molecule has 0 aromatic heterocycles. The summed E-state index contributed by atoms with van der Waals surface area (Å²) < 4.78 is 19.0. The highest BCUT2D eigenvalue weighted by molar-refractivity contribution is 5.77. The van der Waals surface area contributed by atoms with Gasteiger partial charge in [0.25, 0.3) is 0 Å². The molecule has 0 unspecified atom stereocenters. The fourth-order valence-electron chi connectivity index (χ4n) is 2.79. The van der Waals surface area contributed by atoms with Crippen LogP contribution in [0.2, 0.25) is 0 Å². The minimum Gasteiger partial charge on any atom is -0.444 e. The van der Waals surface area contributed by atoms with E-state index in [0.29, 0.717) is 25.9 Å². The monoisotopic (exact) mass is 520 g/mol. The maximum absolute atomic E-state index is 11.5. The summed E-state index contributed by atoms with van der Waals surface area (Å²) in [7, 11) is 0. The maximum atomic E-state index is 11.5. The van der Waals surface area contributed by atoms with Crippen LogP contribution in [0.5, 0.6) is 0 Å². The standard InChI is InChI=1S/C10H19NO3.C10H18O5.C5H11NO/c1-10(2,3)14-9(13)11-6-4-8(12)5-7-11;1-9(2,3)14-7(11)13-8(12)15-10(4,5)6;7-5-1-3-6-4-2-5/h8,12H,4-7H2,1-3H3;1-6H3;5-7H,1-4H2. The lowest BCUT2D eigenvalue weighted by Gasteiger charge is -2.31. The lowest BCUT2D eigenvalue weighted by atomic mass is 10.1. The number of aliphatic hydroxyl groups is 2. The average molecular weight is 521 g/mol. The minimum absolute atomic E-state index is 0.0266. The summed E-state index contributed by atoms with van der Waals surface area (Å²) in [6.45, 7) is 18.7. The van der Waals surface area contributed by atoms with Crippen molar-refractivity contribution in [3.05, 3.63) is 0 Å². The largest absolute Gasteiger partial charge is 0.519 e. The van der Waals surface area contributed by atoms with Crippen LogP contribution in [0.1, 0.15) is 88.0 Å². The van der Waals surface area contributed by atoms with Crippen LogP contribution >= 0.6 is 0 Å². The van der Waals surface area contributed by atoms with Crippen molar-refractivity contribution in [1.29, 1.82) is 0 Å². The highest BCUT2D eigenvalue weighted by atomic mass is 16.8. The number of hydrogen-bond donors (Lipinski definition) is 3. The van der Waals surface area contributed by atoms with E-state index in [2.05, 4.69) is 10.1 Å². The van der Waals surface area contributed by atoms with Crippen molar-refractivity contribution in [3.8, 4) is 0 Å². The molecule has 2 fully saturated rings. The Balaban J connectivity index is 0.000000541. The molecular formula is C25H48N2O9. The zero-order chi connectivity index (χ0) is 28.2. The van der Waals surface area contributed by atoms with Crippen molar-refractivity contribution in [1.82, 2.24) is 10.2 Å². The first kappa shape index (κ1) is 33.9. The van der Waals surface area contributed by atoms with E-state index in [9.17, 15) is 19.5 Å². The van der Waals surface area contributed by atoms with Crippen molar-refractivity contribution in [3.63, 3.8) is 0 Å². The molecule has 0 saturated carbocycles. The normalized spacial score (nSPS) is 17.5. The number of nitrogens with zero attached hydrogens (tertiary/aromatic N) is 1. The van der Waals surface area contributed by atoms with E-state index in [1.54, 1.807) is 46.4 Å². The summed E-state index contributed by atoms with van der Waals surface area (Å²) in [6.07, 6.45) is 0.492. The van der Waals surface area contributed by atoms with Crippen LogP contribution in [0, 0.1) is 0 Å². The fourth-order valence-corrected chi connectivity index (χ4v) is 2.79. The molecule has 0 radical (unpaired) electrons. The van der Waals surface area contributed by atoms with Gasteiger partial charge in [-0.15, -0.1) is 0 Å². The molecule has 0 spiro atoms. The Morgan fingerprint density at radius 3 is 1.33 bits per heavy atom. The van der Waals surface area contributed by atoms with E-state index < -0.39 is 29.1 Å². The van der Waals surface area contributed by atoms with Gasteiger partial charge in [0.1, 0.15) is 16.8 Å². The second-order valence-electron chi connectivity index (χ2n) is 11.7. The molecule has 2 rings (SSSR count). The van der Waals surface area contributed by atoms with E-state index in [1.807, 2.05) is 20.8 Å². The molecule has 2 heterocycles. The molecule has 212 valence electrons. The molecule has 0 aromatic rings. The molecule has 3 N–H and O–H groups in total. The third kappa shape index (κ3) is 20.1. The number of rotatable bonds is 0. The van der Waals surface area contributed by atoms with Gasteiger partial charge in [0.05, 0.1) is 12.2 Å². The number of likely N-dealkylation sites (tertiary alicyclic amines) is 1. The van der Waals surface area contributed by atoms with Crippen LogP contribution in [0.3, 0.4) is 0 Å². The Kier molecular flexibility index (Phi) is 14.3. The highest BCUT2D eigenvalue weighted by Gasteiger charge is 2.26. The lowest BCUT2D eigenvalue weighted by molar-refractivity contribution is -0.0294. The molecule has 11 heteroatoms. The van der Waals surface area contributed by atoms with Crippen LogP contribution in [-0.2, 0) is 18.9 Å². The van der Waals surface area contributed by atoms with Gasteiger partial charge in [-0.05, 0) is 101 Å². The fraction of sp³-hybridized carbons (Fsp3) is 0.880. The van der Waals surface area contributed by atoms with Crippen molar-refractivity contribution < 1.29 is 43.5 Å². The Labute approximate surface area is 215 Å². The maximum Gasteiger partial charge on any atom is 0.519 e. The van der Waals surface area contributed by atoms with Crippen molar-refractivity contribution >= 4 is 18.4 Å². The average Bonchev–Trinajstić information content (AvgIpc) is 2.65. The number of nitrogens with one attached hydrogen (secondary N) is 1. The van der Waals surface area contributed by atoms with Crippen molar-refractivity contribution in [2.45, 2.75) is 117 Å². The van der Waals surface area contributed by atoms with Crippen molar-refractivity contribution in [2.75, 3.05) is 26.2 Å². The van der Waals surface area contributed by atoms with Gasteiger partial charge >= 0.3 is 18.4 Å². The van der Waals surface area contributed by atoms with E-state index in [-0.39, 0.29) is 18.3 Å². The number of ether oxygens (including phenoxy) is 4. The topological polar surface area (TPSA) is 144 Å². The first-order chi connectivity index (χ1) is 16.3. The van der Waals surface area contributed by atoms with Crippen LogP contribution in [0.4, 0.5) is 14.4 Å². The van der Waals surface area contributed by atoms with Gasteiger partial charge in [0.2, 0.25) is 0 Å². The summed E-state index contributed by atoms with van der Waals surface area (Å²) in [4.78, 5) is 35.2. The first-order valence-electron chi connectivity index (χ1n) is 12.5. The predicted octanol–water partition coefficient (Wildman–Crippen LogP) is 3.98. The van der Waals surface area contributed by atoms with Gasteiger partial charge in [-0.3, -0.25) is 0 Å². The van der Waals surface area contributed by atoms with Gasteiger partial charge in [-0.25, -0.2) is 14.4 Å². The second kappa shape index (κ2) is 15.2. The smallest absolute Gasteiger partial charge is 0.444 e. The van der Waals surface area contributed by atoms with Gasteiger partial charge in [0, 0.05) is 13.1 Å². The number of aliphatic hydroxyl groups excluding tert-OH is 2. The summed E-state index contributed by atoms with van der Waals surface area (Å²) in [5.74, 6) is 0. The lowest BCUT2D eigenvalue weighted by Crippen LogP contribution is -2.42. The third-order valence-corrected chi connectivity index (χ3v) is 4.37. The van der Waals surface area contributed by atoms with Gasteiger partial charge < -0.3 is 39.4 Å². The predicted molar refractivity (Wildman–Crippen MR) is 135 cm³/mol. The number of amides is 1. The quantitative estimate of drug-likeness (QED) is 0.244. The molecule has 0 atom stereocenters. The number of piperidine rings is 2. The molecule has 0 aliphatic carbocycles. The second-order valence-corrected chi connectivity index (χ2v) is 11.7. The molecule has 11 nitrogen and oxygen atoms in total. The number of carbonyl (C=O) groups excluding carboxylic acids is 3. The Morgan fingerprint density at radius 1 is 0.667 bits per heavy atom. The van der Waals surface area contributed by atoms with E-state index in [1.165, 1.54) is 0 Å². The number of hydrogen-bond acceptors (Lipinski definition) is 10. The Hall–Kier alpha value is -2.11. The first-order valence-corrected chi connectivity index (χ1v) is 12.5. The van der Waals surface area contributed by atoms with Crippen LogP contribution in [0.15, 0.2) is 0 Å². The summed E-state index contributed by atoms with van der Waals surface area (Å²) in [5.41, 5.74) is -1.83. The molecule has 36 heavy (non-hydrogen) atoms. The number of carbonyl (C=O) groups is 3. The minimum atomic E-state index is -1.06. The van der Waals surface area contributed by atoms with E-state index in [4.69, 9.17) is 19.3 Å². The molecule has 0 aromatic carbocycles. The van der Waals surface area contributed by atoms with Gasteiger partial charge in [0.15, 0.2) is 0 Å². The molecule has 2 saturated heterocycles. The molecule has 2 aliphatic rings. The zero-order valence-electron chi connectivity index (χ0n) is 23.5. The molecule has 2 aliphatic heterocycles. The van der Waals surface area contributed by atoms with Gasteiger partial charge in [-0.1, -0.05) is 0 Å². The SMILES string of the molecule is CC(C)(C)OC(=O)N1CCC(O)CC1.CC(C)(C)OC(=O)OC(=O)OC(C)(C)C.OC1CCNCC1. The summed E-state index contributed by atoms with van der Waals surface area (Å²) >= 11 is 0. The Bertz CT molecular complexity index is 638. The van der Waals surface area contributed by atoms with Crippen LogP contribution in [0.25, 0.3) is 0 Å². The summed E-state index contributed by atoms with van der Waals surface area (Å²) in [5, 5.41) is 21.3. The highest BCUT2D eigenvalue weighted by Crippen LogP contribution is 2.15. The van der Waals surface area contributed by atoms with Crippen LogP contribution < -0.4 is 5.32 Å². The molecular weight excluding hydrogens is 472 g/mol. The Morgan fingerprint density at radius 2 is 1.03 bits per heavy atom.